The molecule has 0 saturated heterocycles. The molecule has 0 aromatic heterocycles. The molecular weight excluding hydrogens is 322 g/mol. The molecule has 0 aliphatic heterocycles. The van der Waals surface area contributed by atoms with Crippen molar-refractivity contribution in [3.8, 4) is 0 Å². The summed E-state index contributed by atoms with van der Waals surface area (Å²) in [4.78, 5) is 11.3. The number of carbonyl (C=O) groups is 1. The molecule has 1 amide bonds. The van der Waals surface area contributed by atoms with Crippen LogP contribution in [-0.4, -0.2) is 18.6 Å². The second-order valence-corrected chi connectivity index (χ2v) is 5.27. The molecule has 0 fully saturated rings. The smallest absolute Gasteiger partial charge is 0.351 e. The van der Waals surface area contributed by atoms with Gasteiger partial charge in [-0.25, -0.2) is 0 Å². The van der Waals surface area contributed by atoms with E-state index in [9.17, 15) is 18.0 Å². The topological polar surface area (TPSA) is 29.1 Å². The fourth-order valence-corrected chi connectivity index (χ4v) is 2.12. The minimum absolute atomic E-state index is 0.151. The zero-order chi connectivity index (χ0) is 14.5. The van der Waals surface area contributed by atoms with Crippen molar-refractivity contribution in [1.82, 2.24) is 5.32 Å². The summed E-state index contributed by atoms with van der Waals surface area (Å²) in [6, 6.07) is 4.76. The van der Waals surface area contributed by atoms with Crippen LogP contribution in [0.15, 0.2) is 24.3 Å². The average Bonchev–Trinajstić information content (AvgIpc) is 2.35. The number of amides is 1. The molecule has 0 spiro atoms. The van der Waals surface area contributed by atoms with Crippen LogP contribution in [0.5, 0.6) is 0 Å². The molecule has 104 valence electrons. The number of carbonyl (C=O) groups excluding carboxylic acids is 1. The number of hydrogen-bond acceptors (Lipinski definition) is 1. The highest BCUT2D eigenvalue weighted by molar-refractivity contribution is 9.10. The van der Waals surface area contributed by atoms with E-state index in [1.807, 2.05) is 7.85 Å². The molecule has 2 nitrogen and oxygen atoms in total. The third-order valence-corrected chi connectivity index (χ3v) is 3.45. The zero-order valence-corrected chi connectivity index (χ0v) is 12.0. The second-order valence-electron chi connectivity index (χ2n) is 4.17. The number of halogens is 4. The molecule has 0 radical (unpaired) electrons. The molecule has 0 bridgehead atoms. The summed E-state index contributed by atoms with van der Waals surface area (Å²) < 4.78 is 37.0. The SMILES string of the molecule is BCCC(Br)C(=O)NCc1ccc(C(F)(F)F)cc1. The van der Waals surface area contributed by atoms with E-state index >= 15 is 0 Å². The number of nitrogens with one attached hydrogen (secondary N) is 1. The van der Waals surface area contributed by atoms with Crippen LogP contribution >= 0.6 is 15.9 Å². The van der Waals surface area contributed by atoms with Gasteiger partial charge in [0.25, 0.3) is 0 Å². The average molecular weight is 336 g/mol. The largest absolute Gasteiger partial charge is 0.416 e. The van der Waals surface area contributed by atoms with Gasteiger partial charge < -0.3 is 5.32 Å². The minimum Gasteiger partial charge on any atom is -0.351 e. The molecule has 1 aromatic carbocycles. The van der Waals surface area contributed by atoms with Gasteiger partial charge >= 0.3 is 6.18 Å². The number of rotatable bonds is 5. The van der Waals surface area contributed by atoms with Gasteiger partial charge in [0.15, 0.2) is 0 Å². The summed E-state index contributed by atoms with van der Waals surface area (Å²) in [5.74, 6) is -0.151. The molecular formula is C12H14BBrF3NO. The highest BCUT2D eigenvalue weighted by Gasteiger charge is 2.29. The summed E-state index contributed by atoms with van der Waals surface area (Å²) in [7, 11) is 1.97. The van der Waals surface area contributed by atoms with E-state index < -0.39 is 11.7 Å². The fraction of sp³-hybridized carbons (Fsp3) is 0.417. The lowest BCUT2D eigenvalue weighted by Crippen LogP contribution is -2.30. The van der Waals surface area contributed by atoms with Gasteiger partial charge in [0, 0.05) is 6.54 Å². The van der Waals surface area contributed by atoms with E-state index in [1.54, 1.807) is 0 Å². The predicted molar refractivity (Wildman–Crippen MR) is 74.0 cm³/mol. The van der Waals surface area contributed by atoms with E-state index in [2.05, 4.69) is 21.2 Å². The van der Waals surface area contributed by atoms with Gasteiger partial charge in [-0.1, -0.05) is 34.4 Å². The first kappa shape index (κ1) is 16.1. The maximum absolute atomic E-state index is 12.3. The van der Waals surface area contributed by atoms with Crippen molar-refractivity contribution in [1.29, 1.82) is 0 Å². The predicted octanol–water partition coefficient (Wildman–Crippen LogP) is 2.53. The van der Waals surface area contributed by atoms with Crippen LogP contribution in [0.25, 0.3) is 0 Å². The Labute approximate surface area is 119 Å². The monoisotopic (exact) mass is 335 g/mol. The van der Waals surface area contributed by atoms with E-state index in [0.29, 0.717) is 5.56 Å². The normalized spacial score (nSPS) is 13.1. The van der Waals surface area contributed by atoms with Gasteiger partial charge in [-0.3, -0.25) is 4.79 Å². The van der Waals surface area contributed by atoms with Crippen LogP contribution in [0.2, 0.25) is 6.32 Å². The summed E-state index contributed by atoms with van der Waals surface area (Å²) in [5, 5.41) is 2.67. The van der Waals surface area contributed by atoms with Crippen LogP contribution in [0, 0.1) is 0 Å². The Morgan fingerprint density at radius 1 is 1.32 bits per heavy atom. The summed E-state index contributed by atoms with van der Waals surface area (Å²) in [6.07, 6.45) is -2.73. The van der Waals surface area contributed by atoms with Crippen molar-refractivity contribution < 1.29 is 18.0 Å². The molecule has 7 heteroatoms. The van der Waals surface area contributed by atoms with Crippen molar-refractivity contribution in [3.05, 3.63) is 35.4 Å². The van der Waals surface area contributed by atoms with E-state index in [1.165, 1.54) is 12.1 Å². The highest BCUT2D eigenvalue weighted by atomic mass is 79.9. The van der Waals surface area contributed by atoms with Crippen LogP contribution < -0.4 is 5.32 Å². The molecule has 1 N–H and O–H groups in total. The van der Waals surface area contributed by atoms with E-state index in [-0.39, 0.29) is 17.3 Å². The van der Waals surface area contributed by atoms with Gasteiger partial charge in [-0.15, -0.1) is 0 Å². The van der Waals surface area contributed by atoms with Crippen molar-refractivity contribution in [2.75, 3.05) is 0 Å². The Hall–Kier alpha value is -0.975. The molecule has 1 atom stereocenters. The molecule has 0 saturated carbocycles. The summed E-state index contributed by atoms with van der Waals surface area (Å²) >= 11 is 3.25. The Morgan fingerprint density at radius 2 is 1.89 bits per heavy atom. The molecule has 19 heavy (non-hydrogen) atoms. The van der Waals surface area contributed by atoms with Crippen molar-refractivity contribution in [2.24, 2.45) is 0 Å². The van der Waals surface area contributed by atoms with Crippen LogP contribution in [0.3, 0.4) is 0 Å². The van der Waals surface area contributed by atoms with Crippen molar-refractivity contribution in [2.45, 2.75) is 30.3 Å². The van der Waals surface area contributed by atoms with E-state index in [4.69, 9.17) is 0 Å². The molecule has 1 aromatic rings. The van der Waals surface area contributed by atoms with Gasteiger partial charge in [0.1, 0.15) is 7.85 Å². The first-order valence-electron chi connectivity index (χ1n) is 5.92. The third-order valence-electron chi connectivity index (χ3n) is 2.57. The van der Waals surface area contributed by atoms with Gasteiger partial charge in [-0.05, 0) is 24.1 Å². The zero-order valence-electron chi connectivity index (χ0n) is 10.4. The van der Waals surface area contributed by atoms with Crippen molar-refractivity contribution in [3.63, 3.8) is 0 Å². The third kappa shape index (κ3) is 5.26. The first-order chi connectivity index (χ1) is 8.84. The van der Waals surface area contributed by atoms with Crippen LogP contribution in [0.1, 0.15) is 17.5 Å². The fourth-order valence-electron chi connectivity index (χ4n) is 1.50. The Bertz CT molecular complexity index is 422. The number of hydrogen-bond donors (Lipinski definition) is 1. The maximum atomic E-state index is 12.3. The summed E-state index contributed by atoms with van der Waals surface area (Å²) in [6.45, 7) is 0.225. The van der Waals surface area contributed by atoms with Crippen molar-refractivity contribution >= 4 is 29.7 Å². The molecule has 1 rings (SSSR count). The Kier molecular flexibility index (Phi) is 5.91. The van der Waals surface area contributed by atoms with Gasteiger partial charge in [-0.2, -0.15) is 13.2 Å². The highest BCUT2D eigenvalue weighted by Crippen LogP contribution is 2.29. The number of alkyl halides is 4. The maximum Gasteiger partial charge on any atom is 0.416 e. The lowest BCUT2D eigenvalue weighted by Gasteiger charge is -2.11. The molecule has 0 heterocycles. The Balaban J connectivity index is 2.53. The molecule has 1 unspecified atom stereocenters. The van der Waals surface area contributed by atoms with Gasteiger partial charge in [0.05, 0.1) is 10.4 Å². The van der Waals surface area contributed by atoms with Crippen LogP contribution in [-0.2, 0) is 17.5 Å². The lowest BCUT2D eigenvalue weighted by atomic mass is 10.0. The molecule has 0 aliphatic rings. The minimum atomic E-state index is -4.33. The quantitative estimate of drug-likeness (QED) is 0.650. The number of benzene rings is 1. The van der Waals surface area contributed by atoms with Crippen LogP contribution in [0.4, 0.5) is 13.2 Å². The molecule has 0 aliphatic carbocycles. The summed E-state index contributed by atoms with van der Waals surface area (Å²) in [5.41, 5.74) is -0.0514. The van der Waals surface area contributed by atoms with Gasteiger partial charge in [0.2, 0.25) is 5.91 Å². The Morgan fingerprint density at radius 3 is 2.37 bits per heavy atom. The first-order valence-corrected chi connectivity index (χ1v) is 6.84. The lowest BCUT2D eigenvalue weighted by molar-refractivity contribution is -0.137. The standard InChI is InChI=1S/C12H14BBrF3NO/c13-6-5-10(14)11(19)18-7-8-1-3-9(4-2-8)12(15,16)17/h1-4,10H,5-7,13H2,(H,18,19). The second kappa shape index (κ2) is 6.98. The van der Waals surface area contributed by atoms with E-state index in [0.717, 1.165) is 24.9 Å².